The van der Waals surface area contributed by atoms with E-state index >= 15 is 0 Å². The van der Waals surface area contributed by atoms with Crippen LogP contribution in [0.25, 0.3) is 0 Å². The SMILES string of the molecule is COc1cc(CN)cc(OC)c1OCC(=O)N1CCCC1. The smallest absolute Gasteiger partial charge is 0.260 e. The van der Waals surface area contributed by atoms with Gasteiger partial charge in [0, 0.05) is 19.6 Å². The summed E-state index contributed by atoms with van der Waals surface area (Å²) in [6.07, 6.45) is 2.12. The molecule has 6 heteroatoms. The van der Waals surface area contributed by atoms with Crippen molar-refractivity contribution in [3.05, 3.63) is 17.7 Å². The van der Waals surface area contributed by atoms with Gasteiger partial charge in [0.05, 0.1) is 14.2 Å². The number of hydrogen-bond donors (Lipinski definition) is 1. The predicted molar refractivity (Wildman–Crippen MR) is 78.7 cm³/mol. The fourth-order valence-corrected chi connectivity index (χ4v) is 2.39. The van der Waals surface area contributed by atoms with E-state index in [9.17, 15) is 4.79 Å². The van der Waals surface area contributed by atoms with Gasteiger partial charge >= 0.3 is 0 Å². The van der Waals surface area contributed by atoms with Gasteiger partial charge in [-0.3, -0.25) is 4.79 Å². The maximum absolute atomic E-state index is 12.0. The molecule has 116 valence electrons. The van der Waals surface area contributed by atoms with E-state index in [-0.39, 0.29) is 12.5 Å². The van der Waals surface area contributed by atoms with Gasteiger partial charge in [0.15, 0.2) is 18.1 Å². The molecule has 21 heavy (non-hydrogen) atoms. The number of amides is 1. The van der Waals surface area contributed by atoms with Gasteiger partial charge in [-0.25, -0.2) is 0 Å². The van der Waals surface area contributed by atoms with E-state index < -0.39 is 0 Å². The molecule has 1 aromatic carbocycles. The molecule has 0 unspecified atom stereocenters. The van der Waals surface area contributed by atoms with E-state index in [1.165, 1.54) is 0 Å². The van der Waals surface area contributed by atoms with Crippen molar-refractivity contribution in [2.75, 3.05) is 33.9 Å². The summed E-state index contributed by atoms with van der Waals surface area (Å²) in [6.45, 7) is 1.97. The maximum Gasteiger partial charge on any atom is 0.260 e. The number of rotatable bonds is 6. The van der Waals surface area contributed by atoms with Gasteiger partial charge in [0.25, 0.3) is 5.91 Å². The topological polar surface area (TPSA) is 74.0 Å². The third-order valence-corrected chi connectivity index (χ3v) is 3.55. The van der Waals surface area contributed by atoms with Crippen LogP contribution in [0.2, 0.25) is 0 Å². The number of ether oxygens (including phenoxy) is 3. The highest BCUT2D eigenvalue weighted by atomic mass is 16.5. The van der Waals surface area contributed by atoms with Crippen LogP contribution in [0.1, 0.15) is 18.4 Å². The lowest BCUT2D eigenvalue weighted by molar-refractivity contribution is -0.132. The van der Waals surface area contributed by atoms with Crippen molar-refractivity contribution in [3.63, 3.8) is 0 Å². The van der Waals surface area contributed by atoms with Crippen LogP contribution in [0.3, 0.4) is 0 Å². The van der Waals surface area contributed by atoms with Crippen molar-refractivity contribution in [1.82, 2.24) is 4.90 Å². The third-order valence-electron chi connectivity index (χ3n) is 3.55. The molecule has 0 saturated carbocycles. The van der Waals surface area contributed by atoms with Crippen LogP contribution in [0.5, 0.6) is 17.2 Å². The van der Waals surface area contributed by atoms with Crippen LogP contribution in [0.4, 0.5) is 0 Å². The number of carbonyl (C=O) groups is 1. The Morgan fingerprint density at radius 2 is 1.76 bits per heavy atom. The molecule has 1 saturated heterocycles. The number of nitrogens with zero attached hydrogens (tertiary/aromatic N) is 1. The van der Waals surface area contributed by atoms with Crippen molar-refractivity contribution in [3.8, 4) is 17.2 Å². The van der Waals surface area contributed by atoms with E-state index in [4.69, 9.17) is 19.9 Å². The minimum Gasteiger partial charge on any atom is -0.493 e. The highest BCUT2D eigenvalue weighted by molar-refractivity contribution is 5.78. The average molecular weight is 294 g/mol. The van der Waals surface area contributed by atoms with Gasteiger partial charge < -0.3 is 24.8 Å². The maximum atomic E-state index is 12.0. The Bertz CT molecular complexity index is 473. The minimum absolute atomic E-state index is 0.0143. The van der Waals surface area contributed by atoms with E-state index in [2.05, 4.69) is 0 Å². The molecular weight excluding hydrogens is 272 g/mol. The van der Waals surface area contributed by atoms with Crippen molar-refractivity contribution < 1.29 is 19.0 Å². The lowest BCUT2D eigenvalue weighted by atomic mass is 10.2. The summed E-state index contributed by atoms with van der Waals surface area (Å²) in [5, 5.41) is 0. The Morgan fingerprint density at radius 1 is 1.19 bits per heavy atom. The highest BCUT2D eigenvalue weighted by Gasteiger charge is 2.20. The second kappa shape index (κ2) is 7.17. The van der Waals surface area contributed by atoms with Crippen molar-refractivity contribution in [2.45, 2.75) is 19.4 Å². The second-order valence-electron chi connectivity index (χ2n) is 4.91. The van der Waals surface area contributed by atoms with Gasteiger partial charge in [-0.05, 0) is 30.5 Å². The molecular formula is C15H22N2O4. The first-order valence-corrected chi connectivity index (χ1v) is 7.05. The zero-order chi connectivity index (χ0) is 15.2. The lowest BCUT2D eigenvalue weighted by Gasteiger charge is -2.18. The fraction of sp³-hybridized carbons (Fsp3) is 0.533. The molecule has 1 heterocycles. The molecule has 0 aliphatic carbocycles. The summed E-state index contributed by atoms with van der Waals surface area (Å²) < 4.78 is 16.2. The zero-order valence-electron chi connectivity index (χ0n) is 12.6. The Hall–Kier alpha value is -1.95. The molecule has 1 aromatic rings. The quantitative estimate of drug-likeness (QED) is 0.852. The van der Waals surface area contributed by atoms with Crippen molar-refractivity contribution >= 4 is 5.91 Å². The van der Waals surface area contributed by atoms with Gasteiger partial charge in [0.1, 0.15) is 0 Å². The number of methoxy groups -OCH3 is 2. The van der Waals surface area contributed by atoms with Gasteiger partial charge in [-0.15, -0.1) is 0 Å². The monoisotopic (exact) mass is 294 g/mol. The van der Waals surface area contributed by atoms with Crippen LogP contribution < -0.4 is 19.9 Å². The highest BCUT2D eigenvalue weighted by Crippen LogP contribution is 2.38. The third kappa shape index (κ3) is 3.58. The molecule has 0 aromatic heterocycles. The van der Waals surface area contributed by atoms with Gasteiger partial charge in [0.2, 0.25) is 5.75 Å². The molecule has 0 atom stereocenters. The summed E-state index contributed by atoms with van der Waals surface area (Å²) in [4.78, 5) is 13.9. The molecule has 1 aliphatic rings. The molecule has 6 nitrogen and oxygen atoms in total. The van der Waals surface area contributed by atoms with Crippen LogP contribution in [-0.4, -0.2) is 44.7 Å². The van der Waals surface area contributed by atoms with Crippen molar-refractivity contribution in [2.24, 2.45) is 5.73 Å². The molecule has 1 aliphatic heterocycles. The number of benzene rings is 1. The molecule has 0 radical (unpaired) electrons. The summed E-state index contributed by atoms with van der Waals surface area (Å²) in [5.41, 5.74) is 6.52. The first kappa shape index (κ1) is 15.4. The first-order chi connectivity index (χ1) is 10.2. The summed E-state index contributed by atoms with van der Waals surface area (Å²) in [7, 11) is 3.09. The Kier molecular flexibility index (Phi) is 5.27. The standard InChI is InChI=1S/C15H22N2O4/c1-19-12-7-11(9-16)8-13(20-2)15(12)21-10-14(18)17-5-3-4-6-17/h7-8H,3-6,9-10,16H2,1-2H3. The van der Waals surface area contributed by atoms with Crippen LogP contribution in [0.15, 0.2) is 12.1 Å². The molecule has 0 bridgehead atoms. The number of carbonyl (C=O) groups excluding carboxylic acids is 1. The molecule has 2 N–H and O–H groups in total. The molecule has 1 fully saturated rings. The Labute approximate surface area is 124 Å². The summed E-state index contributed by atoms with van der Waals surface area (Å²) in [5.74, 6) is 1.46. The normalized spacial score (nSPS) is 14.1. The van der Waals surface area contributed by atoms with Crippen LogP contribution in [-0.2, 0) is 11.3 Å². The van der Waals surface area contributed by atoms with Gasteiger partial charge in [-0.2, -0.15) is 0 Å². The average Bonchev–Trinajstić information content (AvgIpc) is 3.06. The predicted octanol–water partition coefficient (Wildman–Crippen LogP) is 1.16. The minimum atomic E-state index is -0.0192. The van der Waals surface area contributed by atoms with E-state index in [0.717, 1.165) is 31.5 Å². The molecule has 1 amide bonds. The fourth-order valence-electron chi connectivity index (χ4n) is 2.39. The second-order valence-corrected chi connectivity index (χ2v) is 4.91. The first-order valence-electron chi connectivity index (χ1n) is 7.05. The lowest BCUT2D eigenvalue weighted by Crippen LogP contribution is -2.32. The summed E-state index contributed by atoms with van der Waals surface area (Å²) >= 11 is 0. The largest absolute Gasteiger partial charge is 0.493 e. The zero-order valence-corrected chi connectivity index (χ0v) is 12.6. The Morgan fingerprint density at radius 3 is 2.24 bits per heavy atom. The van der Waals surface area contributed by atoms with Crippen LogP contribution >= 0.6 is 0 Å². The molecule has 2 rings (SSSR count). The summed E-state index contributed by atoms with van der Waals surface area (Å²) in [6, 6.07) is 3.58. The van der Waals surface area contributed by atoms with Crippen molar-refractivity contribution in [1.29, 1.82) is 0 Å². The molecule has 0 spiro atoms. The van der Waals surface area contributed by atoms with Gasteiger partial charge in [-0.1, -0.05) is 0 Å². The van der Waals surface area contributed by atoms with Crippen LogP contribution in [0, 0.1) is 0 Å². The Balaban J connectivity index is 2.12. The number of hydrogen-bond acceptors (Lipinski definition) is 5. The van der Waals surface area contributed by atoms with E-state index in [1.807, 2.05) is 4.90 Å². The van der Waals surface area contributed by atoms with E-state index in [1.54, 1.807) is 26.4 Å². The van der Waals surface area contributed by atoms with E-state index in [0.29, 0.717) is 23.8 Å². The number of nitrogens with two attached hydrogens (primary N) is 1. The number of likely N-dealkylation sites (tertiary alicyclic amines) is 1.